The van der Waals surface area contributed by atoms with E-state index in [1.54, 1.807) is 0 Å². The number of fused-ring (bicyclic) bond motifs is 5. The smallest absolute Gasteiger partial charge is 0.396 e. The van der Waals surface area contributed by atoms with E-state index in [0.29, 0.717) is 30.6 Å². The predicted octanol–water partition coefficient (Wildman–Crippen LogP) is 4.04. The minimum Gasteiger partial charge on any atom is -0.396 e. The zero-order valence-electron chi connectivity index (χ0n) is 23.4. The number of hydrogen-bond donors (Lipinski definition) is 4. The average Bonchev–Trinajstić information content (AvgIpc) is 3.17. The molecule has 0 heterocycles. The minimum absolute atomic E-state index is 0.00821. The van der Waals surface area contributed by atoms with E-state index in [2.05, 4.69) is 13.8 Å². The van der Waals surface area contributed by atoms with Gasteiger partial charge in [0.1, 0.15) is 6.10 Å². The lowest BCUT2D eigenvalue weighted by Gasteiger charge is -2.62. The largest absolute Gasteiger partial charge is 0.397 e. The predicted molar refractivity (Wildman–Crippen MR) is 144 cm³/mol. The second-order valence-electron chi connectivity index (χ2n) is 13.6. The Labute approximate surface area is 234 Å². The van der Waals surface area contributed by atoms with E-state index in [4.69, 9.17) is 8.37 Å². The zero-order chi connectivity index (χ0) is 28.8. The Morgan fingerprint density at radius 3 is 2.26 bits per heavy atom. The van der Waals surface area contributed by atoms with Crippen molar-refractivity contribution in [1.29, 1.82) is 0 Å². The average molecular weight is 597 g/mol. The molecule has 4 rings (SSSR count). The highest BCUT2D eigenvalue weighted by molar-refractivity contribution is 7.81. The van der Waals surface area contributed by atoms with Crippen LogP contribution in [0.5, 0.6) is 0 Å². The zero-order valence-corrected chi connectivity index (χ0v) is 25.1. The number of aliphatic hydroxyl groups excluding tert-OH is 2. The van der Waals surface area contributed by atoms with Gasteiger partial charge in [0.25, 0.3) is 0 Å². The molecule has 10 nitrogen and oxygen atoms in total. The van der Waals surface area contributed by atoms with Crippen LogP contribution >= 0.6 is 0 Å². The molecule has 11 atom stereocenters. The van der Waals surface area contributed by atoms with Gasteiger partial charge >= 0.3 is 20.8 Å². The fraction of sp³-hybridized carbons (Fsp3) is 1.00. The second-order valence-corrected chi connectivity index (χ2v) is 15.8. The maximum absolute atomic E-state index is 11.4. The van der Waals surface area contributed by atoms with Gasteiger partial charge in [0.05, 0.1) is 12.7 Å². The second kappa shape index (κ2) is 11.7. The summed E-state index contributed by atoms with van der Waals surface area (Å²) in [6.07, 6.45) is 7.41. The first-order chi connectivity index (χ1) is 18.1. The molecule has 0 aliphatic heterocycles. The van der Waals surface area contributed by atoms with Crippen LogP contribution in [-0.2, 0) is 29.2 Å². The van der Waals surface area contributed by atoms with Crippen LogP contribution in [-0.4, -0.2) is 61.6 Å². The fourth-order valence-electron chi connectivity index (χ4n) is 9.73. The summed E-state index contributed by atoms with van der Waals surface area (Å²) < 4.78 is 73.8. The molecule has 4 N–H and O–H groups in total. The molecule has 0 spiro atoms. The van der Waals surface area contributed by atoms with Gasteiger partial charge in [-0.1, -0.05) is 27.2 Å². The van der Waals surface area contributed by atoms with Gasteiger partial charge in [0.15, 0.2) is 0 Å². The Balaban J connectivity index is 1.50. The molecule has 0 aromatic heterocycles. The summed E-state index contributed by atoms with van der Waals surface area (Å²) in [6.45, 7) is 6.67. The Morgan fingerprint density at radius 2 is 1.62 bits per heavy atom. The Kier molecular flexibility index (Phi) is 9.51. The van der Waals surface area contributed by atoms with E-state index >= 15 is 0 Å². The lowest BCUT2D eigenvalue weighted by atomic mass is 9.44. The molecule has 0 amide bonds. The summed E-state index contributed by atoms with van der Waals surface area (Å²) in [5, 5.41) is 20.3. The van der Waals surface area contributed by atoms with Crippen LogP contribution < -0.4 is 0 Å². The molecule has 11 unspecified atom stereocenters. The third-order valence-corrected chi connectivity index (χ3v) is 12.5. The summed E-state index contributed by atoms with van der Waals surface area (Å²) in [5.41, 5.74) is -0.126. The quantitative estimate of drug-likeness (QED) is 0.256. The van der Waals surface area contributed by atoms with Gasteiger partial charge in [-0.2, -0.15) is 16.8 Å². The van der Waals surface area contributed by atoms with Crippen molar-refractivity contribution in [3.8, 4) is 0 Å². The molecule has 0 aromatic carbocycles. The summed E-state index contributed by atoms with van der Waals surface area (Å²) in [7, 11) is -9.17. The van der Waals surface area contributed by atoms with Gasteiger partial charge in [-0.3, -0.25) is 9.11 Å². The van der Waals surface area contributed by atoms with E-state index < -0.39 is 33.0 Å². The highest BCUT2D eigenvalue weighted by Crippen LogP contribution is 2.68. The van der Waals surface area contributed by atoms with Gasteiger partial charge in [-0.25, -0.2) is 8.37 Å². The molecule has 0 radical (unpaired) electrons. The molecular formula is C27H48O10S2. The van der Waals surface area contributed by atoms with Crippen LogP contribution in [0.1, 0.15) is 91.4 Å². The first kappa shape index (κ1) is 31.6. The molecule has 39 heavy (non-hydrogen) atoms. The van der Waals surface area contributed by atoms with Crippen LogP contribution in [0.2, 0.25) is 0 Å². The summed E-state index contributed by atoms with van der Waals surface area (Å²) in [5.74, 6) is 1.98. The van der Waals surface area contributed by atoms with E-state index in [-0.39, 0.29) is 47.7 Å². The monoisotopic (exact) mass is 596 g/mol. The summed E-state index contributed by atoms with van der Waals surface area (Å²) in [6, 6.07) is 0. The lowest BCUT2D eigenvalue weighted by Crippen LogP contribution is -2.57. The standard InChI is InChI=1S/C27H48O10S2/c1-17(15-28)5-4-6-18(16-36-38(30,31)32)21-9-10-22-20-8-7-19-13-25(37-39(33,34)35)24(29)14-27(19,3)23(20)11-12-26(21,22)2/h17-25,28-29H,4-16H2,1-3H3,(H,30,31,32)(H,33,34,35). The van der Waals surface area contributed by atoms with Crippen molar-refractivity contribution in [2.75, 3.05) is 13.2 Å². The molecule has 4 saturated carbocycles. The van der Waals surface area contributed by atoms with Crippen molar-refractivity contribution < 1.29 is 44.5 Å². The fourth-order valence-corrected chi connectivity index (χ4v) is 10.6. The van der Waals surface area contributed by atoms with Crippen molar-refractivity contribution in [3.05, 3.63) is 0 Å². The number of hydrogen-bond acceptors (Lipinski definition) is 8. The third kappa shape index (κ3) is 6.84. The molecule has 12 heteroatoms. The van der Waals surface area contributed by atoms with Gasteiger partial charge < -0.3 is 10.2 Å². The third-order valence-electron chi connectivity index (χ3n) is 11.6. The molecule has 0 bridgehead atoms. The number of aliphatic hydroxyl groups is 2. The van der Waals surface area contributed by atoms with Gasteiger partial charge in [-0.05, 0) is 116 Å². The molecular weight excluding hydrogens is 548 g/mol. The van der Waals surface area contributed by atoms with Crippen LogP contribution in [0.4, 0.5) is 0 Å². The molecule has 4 fully saturated rings. The summed E-state index contributed by atoms with van der Waals surface area (Å²) >= 11 is 0. The van der Waals surface area contributed by atoms with Gasteiger partial charge in [-0.15, -0.1) is 0 Å². The van der Waals surface area contributed by atoms with E-state index in [0.717, 1.165) is 57.8 Å². The maximum atomic E-state index is 11.4. The Bertz CT molecular complexity index is 1060. The van der Waals surface area contributed by atoms with Crippen molar-refractivity contribution in [3.63, 3.8) is 0 Å². The Hall–Kier alpha value is -0.340. The first-order valence-electron chi connectivity index (χ1n) is 14.6. The van der Waals surface area contributed by atoms with Crippen LogP contribution in [0.25, 0.3) is 0 Å². The van der Waals surface area contributed by atoms with E-state index in [1.165, 1.54) is 0 Å². The van der Waals surface area contributed by atoms with Crippen molar-refractivity contribution in [1.82, 2.24) is 0 Å². The highest BCUT2D eigenvalue weighted by atomic mass is 32.3. The maximum Gasteiger partial charge on any atom is 0.397 e. The molecule has 4 aliphatic rings. The summed E-state index contributed by atoms with van der Waals surface area (Å²) in [4.78, 5) is 0. The minimum atomic E-state index is -4.64. The lowest BCUT2D eigenvalue weighted by molar-refractivity contribution is -0.157. The van der Waals surface area contributed by atoms with Gasteiger partial charge in [0, 0.05) is 6.61 Å². The molecule has 4 aliphatic carbocycles. The van der Waals surface area contributed by atoms with Gasteiger partial charge in [0.2, 0.25) is 0 Å². The number of rotatable bonds is 11. The van der Waals surface area contributed by atoms with Crippen molar-refractivity contribution >= 4 is 20.8 Å². The molecule has 0 saturated heterocycles. The SMILES string of the molecule is CC(CO)CCCC(COS(=O)(=O)O)C1CCC2C3CCC4CC(OS(=O)(=O)O)C(O)CC4(C)C3CCC12C. The van der Waals surface area contributed by atoms with Crippen LogP contribution in [0.3, 0.4) is 0 Å². The van der Waals surface area contributed by atoms with Crippen molar-refractivity contribution in [2.24, 2.45) is 52.3 Å². The molecule has 228 valence electrons. The topological polar surface area (TPSA) is 168 Å². The first-order valence-corrected chi connectivity index (χ1v) is 17.4. The van der Waals surface area contributed by atoms with E-state index in [1.807, 2.05) is 6.92 Å². The van der Waals surface area contributed by atoms with Crippen molar-refractivity contribution in [2.45, 2.75) is 104 Å². The normalized spacial score (nSPS) is 42.3. The van der Waals surface area contributed by atoms with E-state index in [9.17, 15) is 36.2 Å². The van der Waals surface area contributed by atoms with Crippen LogP contribution in [0.15, 0.2) is 0 Å². The molecule has 0 aromatic rings. The van der Waals surface area contributed by atoms with Crippen LogP contribution in [0, 0.1) is 52.3 Å². The highest BCUT2D eigenvalue weighted by Gasteiger charge is 2.62. The Morgan fingerprint density at radius 1 is 0.923 bits per heavy atom.